The summed E-state index contributed by atoms with van der Waals surface area (Å²) in [5.74, 6) is 0.928. The summed E-state index contributed by atoms with van der Waals surface area (Å²) in [6.45, 7) is 12.3. The molecule has 0 radical (unpaired) electrons. The van der Waals surface area contributed by atoms with Crippen molar-refractivity contribution in [1.82, 2.24) is 10.2 Å². The van der Waals surface area contributed by atoms with Crippen molar-refractivity contribution < 1.29 is 19.1 Å². The number of nitrogens with zero attached hydrogens (tertiary/aromatic N) is 1. The molecule has 0 saturated carbocycles. The summed E-state index contributed by atoms with van der Waals surface area (Å²) in [7, 11) is 1.61. The molecule has 0 spiro atoms. The molecule has 33 heavy (non-hydrogen) atoms. The largest absolute Gasteiger partial charge is 0.497 e. The van der Waals surface area contributed by atoms with Crippen molar-refractivity contribution in [1.29, 1.82) is 0 Å². The summed E-state index contributed by atoms with van der Waals surface area (Å²) in [5, 5.41) is 2.97. The molecule has 2 atom stereocenters. The quantitative estimate of drug-likeness (QED) is 0.565. The molecule has 0 saturated heterocycles. The van der Waals surface area contributed by atoms with E-state index in [4.69, 9.17) is 9.47 Å². The number of rotatable bonds is 10. The lowest BCUT2D eigenvalue weighted by Crippen LogP contribution is -2.50. The van der Waals surface area contributed by atoms with Crippen LogP contribution in [-0.2, 0) is 21.5 Å². The first-order chi connectivity index (χ1) is 15.5. The van der Waals surface area contributed by atoms with Crippen LogP contribution in [0.3, 0.4) is 0 Å². The molecular weight excluding hydrogens is 416 g/mol. The zero-order valence-electron chi connectivity index (χ0n) is 21.0. The lowest BCUT2D eigenvalue weighted by molar-refractivity contribution is -0.142. The lowest BCUT2D eigenvalue weighted by Gasteiger charge is -2.29. The van der Waals surface area contributed by atoms with Crippen LogP contribution in [0.4, 0.5) is 0 Å². The van der Waals surface area contributed by atoms with E-state index in [1.54, 1.807) is 18.9 Å². The van der Waals surface area contributed by atoms with Crippen LogP contribution < -0.4 is 14.8 Å². The number of ether oxygens (including phenoxy) is 2. The first-order valence-electron chi connectivity index (χ1n) is 11.5. The monoisotopic (exact) mass is 454 g/mol. The van der Waals surface area contributed by atoms with Gasteiger partial charge < -0.3 is 19.7 Å². The SMILES string of the molecule is CC[C@H](C)NC(=O)[C@H](C)N(Cc1ccc(OC)cc1)C(=O)COc1ccc(C(C)(C)C)cc1. The van der Waals surface area contributed by atoms with Crippen LogP contribution in [0.25, 0.3) is 0 Å². The van der Waals surface area contributed by atoms with Crippen LogP contribution >= 0.6 is 0 Å². The number of hydrogen-bond donors (Lipinski definition) is 1. The van der Waals surface area contributed by atoms with Gasteiger partial charge in [-0.15, -0.1) is 0 Å². The highest BCUT2D eigenvalue weighted by molar-refractivity contribution is 5.88. The molecule has 1 N–H and O–H groups in total. The highest BCUT2D eigenvalue weighted by Crippen LogP contribution is 2.24. The van der Waals surface area contributed by atoms with E-state index in [1.807, 2.05) is 62.4 Å². The van der Waals surface area contributed by atoms with Gasteiger partial charge in [0.15, 0.2) is 6.61 Å². The second-order valence-electron chi connectivity index (χ2n) is 9.43. The van der Waals surface area contributed by atoms with Crippen molar-refractivity contribution in [2.24, 2.45) is 0 Å². The Bertz CT molecular complexity index is 901. The zero-order chi connectivity index (χ0) is 24.6. The van der Waals surface area contributed by atoms with Gasteiger partial charge in [0, 0.05) is 12.6 Å². The first kappa shape index (κ1) is 26.2. The maximum absolute atomic E-state index is 13.2. The molecular formula is C27H38N2O4. The van der Waals surface area contributed by atoms with Gasteiger partial charge in [-0.2, -0.15) is 0 Å². The summed E-state index contributed by atoms with van der Waals surface area (Å²) < 4.78 is 11.0. The Balaban J connectivity index is 2.14. The van der Waals surface area contributed by atoms with Gasteiger partial charge in [-0.1, -0.05) is 52.0 Å². The van der Waals surface area contributed by atoms with Gasteiger partial charge in [-0.3, -0.25) is 9.59 Å². The number of hydrogen-bond acceptors (Lipinski definition) is 4. The third-order valence-corrected chi connectivity index (χ3v) is 5.76. The van der Waals surface area contributed by atoms with Crippen LogP contribution in [0, 0.1) is 0 Å². The van der Waals surface area contributed by atoms with Crippen LogP contribution in [0.2, 0.25) is 0 Å². The molecule has 0 heterocycles. The highest BCUT2D eigenvalue weighted by Gasteiger charge is 2.27. The Morgan fingerprint density at radius 1 is 0.970 bits per heavy atom. The first-order valence-corrected chi connectivity index (χ1v) is 11.5. The van der Waals surface area contributed by atoms with Gasteiger partial charge in [-0.05, 0) is 61.1 Å². The van der Waals surface area contributed by atoms with Crippen molar-refractivity contribution in [3.8, 4) is 11.5 Å². The molecule has 0 unspecified atom stereocenters. The Labute approximate surface area is 198 Å². The molecule has 2 amide bonds. The number of benzene rings is 2. The van der Waals surface area contributed by atoms with E-state index >= 15 is 0 Å². The van der Waals surface area contributed by atoms with Gasteiger partial charge >= 0.3 is 0 Å². The molecule has 0 aliphatic heterocycles. The second-order valence-corrected chi connectivity index (χ2v) is 9.43. The van der Waals surface area contributed by atoms with Gasteiger partial charge in [0.2, 0.25) is 5.91 Å². The average molecular weight is 455 g/mol. The second kappa shape index (κ2) is 11.7. The van der Waals surface area contributed by atoms with Crippen molar-refractivity contribution in [3.63, 3.8) is 0 Å². The van der Waals surface area contributed by atoms with Crippen molar-refractivity contribution in [2.45, 2.75) is 72.0 Å². The predicted molar refractivity (Wildman–Crippen MR) is 132 cm³/mol. The van der Waals surface area contributed by atoms with E-state index < -0.39 is 6.04 Å². The summed E-state index contributed by atoms with van der Waals surface area (Å²) in [6.07, 6.45) is 0.818. The molecule has 0 aliphatic carbocycles. The minimum Gasteiger partial charge on any atom is -0.497 e. The molecule has 2 rings (SSSR count). The molecule has 180 valence electrons. The molecule has 6 nitrogen and oxygen atoms in total. The van der Waals surface area contributed by atoms with Gasteiger partial charge in [0.25, 0.3) is 5.91 Å². The minimum atomic E-state index is -0.638. The lowest BCUT2D eigenvalue weighted by atomic mass is 9.87. The van der Waals surface area contributed by atoms with Gasteiger partial charge in [-0.25, -0.2) is 0 Å². The third-order valence-electron chi connectivity index (χ3n) is 5.76. The fraction of sp³-hybridized carbons (Fsp3) is 0.481. The molecule has 0 bridgehead atoms. The smallest absolute Gasteiger partial charge is 0.261 e. The van der Waals surface area contributed by atoms with Crippen molar-refractivity contribution in [2.75, 3.05) is 13.7 Å². The van der Waals surface area contributed by atoms with Crippen LogP contribution in [-0.4, -0.2) is 42.5 Å². The molecule has 2 aromatic rings. The molecule has 0 aliphatic rings. The zero-order valence-corrected chi connectivity index (χ0v) is 21.0. The standard InChI is InChI=1S/C27H38N2O4/c1-8-19(2)28-26(31)20(3)29(17-21-9-13-23(32-7)14-10-21)25(30)18-33-24-15-11-22(12-16-24)27(4,5)6/h9-16,19-20H,8,17-18H2,1-7H3,(H,28,31)/t19-,20-/m0/s1. The minimum absolute atomic E-state index is 0.0375. The molecule has 0 aromatic heterocycles. The Morgan fingerprint density at radius 2 is 1.55 bits per heavy atom. The van der Waals surface area contributed by atoms with Crippen molar-refractivity contribution in [3.05, 3.63) is 59.7 Å². The number of carbonyl (C=O) groups is 2. The van der Waals surface area contributed by atoms with Gasteiger partial charge in [0.05, 0.1) is 7.11 Å². The summed E-state index contributed by atoms with van der Waals surface area (Å²) >= 11 is 0. The Hall–Kier alpha value is -3.02. The molecule has 2 aromatic carbocycles. The summed E-state index contributed by atoms with van der Waals surface area (Å²) in [6, 6.07) is 14.6. The summed E-state index contributed by atoms with van der Waals surface area (Å²) in [4.78, 5) is 27.5. The maximum atomic E-state index is 13.2. The van der Waals surface area contributed by atoms with E-state index in [1.165, 1.54) is 5.56 Å². The Morgan fingerprint density at radius 3 is 2.06 bits per heavy atom. The van der Waals surface area contributed by atoms with E-state index in [-0.39, 0.29) is 29.9 Å². The Kier molecular flexibility index (Phi) is 9.32. The van der Waals surface area contributed by atoms with E-state index in [0.717, 1.165) is 17.7 Å². The average Bonchev–Trinajstić information content (AvgIpc) is 2.80. The normalized spacial score (nSPS) is 13.1. The number of methoxy groups -OCH3 is 1. The summed E-state index contributed by atoms with van der Waals surface area (Å²) in [5.41, 5.74) is 2.14. The fourth-order valence-electron chi connectivity index (χ4n) is 3.25. The fourth-order valence-corrected chi connectivity index (χ4v) is 3.25. The van der Waals surface area contributed by atoms with E-state index in [0.29, 0.717) is 12.3 Å². The molecule has 0 fully saturated rings. The van der Waals surface area contributed by atoms with E-state index in [9.17, 15) is 9.59 Å². The third kappa shape index (κ3) is 7.81. The number of amides is 2. The maximum Gasteiger partial charge on any atom is 0.261 e. The number of nitrogens with one attached hydrogen (secondary N) is 1. The topological polar surface area (TPSA) is 67.9 Å². The highest BCUT2D eigenvalue weighted by atomic mass is 16.5. The predicted octanol–water partition coefficient (Wildman–Crippen LogP) is 4.70. The number of carbonyl (C=O) groups excluding carboxylic acids is 2. The molecule has 6 heteroatoms. The van der Waals surface area contributed by atoms with Crippen LogP contribution in [0.15, 0.2) is 48.5 Å². The van der Waals surface area contributed by atoms with Crippen molar-refractivity contribution >= 4 is 11.8 Å². The van der Waals surface area contributed by atoms with Crippen LogP contribution in [0.5, 0.6) is 11.5 Å². The van der Waals surface area contributed by atoms with Gasteiger partial charge in [0.1, 0.15) is 17.5 Å². The van der Waals surface area contributed by atoms with Crippen LogP contribution in [0.1, 0.15) is 59.1 Å². The van der Waals surface area contributed by atoms with E-state index in [2.05, 4.69) is 26.1 Å².